The van der Waals surface area contributed by atoms with Gasteiger partial charge in [-0.15, -0.1) is 11.3 Å². The van der Waals surface area contributed by atoms with Gasteiger partial charge in [0.25, 0.3) is 0 Å². The summed E-state index contributed by atoms with van der Waals surface area (Å²) in [5.74, 6) is -1.06. The fourth-order valence-electron chi connectivity index (χ4n) is 1.75. The molecule has 0 saturated heterocycles. The van der Waals surface area contributed by atoms with Crippen LogP contribution in [0.3, 0.4) is 0 Å². The SMILES string of the molecule is CC(C)N(CC(=O)O)C(=O)CCCc1ccc(Br)s1. The maximum atomic E-state index is 12.0. The van der Waals surface area contributed by atoms with Crippen LogP contribution in [0.1, 0.15) is 31.6 Å². The number of hydrogen-bond donors (Lipinski definition) is 1. The molecule has 1 heterocycles. The Morgan fingerprint density at radius 3 is 2.58 bits per heavy atom. The molecule has 19 heavy (non-hydrogen) atoms. The summed E-state index contributed by atoms with van der Waals surface area (Å²) in [5, 5.41) is 8.79. The Labute approximate surface area is 125 Å². The third-order valence-electron chi connectivity index (χ3n) is 2.69. The first-order chi connectivity index (χ1) is 8.90. The number of carboxylic acid groups (broad SMARTS) is 1. The lowest BCUT2D eigenvalue weighted by Gasteiger charge is -2.24. The predicted molar refractivity (Wildman–Crippen MR) is 79.4 cm³/mol. The van der Waals surface area contributed by atoms with Crippen molar-refractivity contribution < 1.29 is 14.7 Å². The summed E-state index contributed by atoms with van der Waals surface area (Å²) in [4.78, 5) is 25.3. The number of halogens is 1. The van der Waals surface area contributed by atoms with E-state index in [0.29, 0.717) is 6.42 Å². The molecule has 106 valence electrons. The van der Waals surface area contributed by atoms with Crippen molar-refractivity contribution in [2.45, 2.75) is 39.2 Å². The van der Waals surface area contributed by atoms with E-state index in [1.807, 2.05) is 26.0 Å². The largest absolute Gasteiger partial charge is 0.480 e. The molecular formula is C13H18BrNO3S. The maximum absolute atomic E-state index is 12.0. The third-order valence-corrected chi connectivity index (χ3v) is 4.38. The van der Waals surface area contributed by atoms with E-state index in [1.54, 1.807) is 11.3 Å². The lowest BCUT2D eigenvalue weighted by Crippen LogP contribution is -2.40. The standard InChI is InChI=1S/C13H18BrNO3S/c1-9(2)15(8-13(17)18)12(16)5-3-4-10-6-7-11(14)19-10/h6-7,9H,3-5,8H2,1-2H3,(H,17,18). The highest BCUT2D eigenvalue weighted by Gasteiger charge is 2.19. The van der Waals surface area contributed by atoms with Crippen LogP contribution in [0.5, 0.6) is 0 Å². The van der Waals surface area contributed by atoms with Gasteiger partial charge in [0, 0.05) is 17.3 Å². The zero-order valence-corrected chi connectivity index (χ0v) is 13.5. The molecule has 1 aromatic rings. The van der Waals surface area contributed by atoms with Crippen molar-refractivity contribution in [3.63, 3.8) is 0 Å². The molecule has 0 aromatic carbocycles. The molecule has 0 fully saturated rings. The second-order valence-electron chi connectivity index (χ2n) is 4.57. The van der Waals surface area contributed by atoms with Gasteiger partial charge in [-0.25, -0.2) is 0 Å². The van der Waals surface area contributed by atoms with E-state index in [0.717, 1.165) is 16.6 Å². The first-order valence-corrected chi connectivity index (χ1v) is 7.76. The van der Waals surface area contributed by atoms with E-state index in [1.165, 1.54) is 9.78 Å². The Morgan fingerprint density at radius 1 is 1.42 bits per heavy atom. The highest BCUT2D eigenvalue weighted by molar-refractivity contribution is 9.11. The molecule has 6 heteroatoms. The lowest BCUT2D eigenvalue weighted by molar-refractivity contribution is -0.145. The maximum Gasteiger partial charge on any atom is 0.323 e. The first-order valence-electron chi connectivity index (χ1n) is 6.15. The number of carbonyl (C=O) groups excluding carboxylic acids is 1. The zero-order valence-electron chi connectivity index (χ0n) is 11.1. The summed E-state index contributed by atoms with van der Waals surface area (Å²) in [6, 6.07) is 3.95. The molecule has 0 aliphatic carbocycles. The van der Waals surface area contributed by atoms with Gasteiger partial charge >= 0.3 is 5.97 Å². The Hall–Kier alpha value is -0.880. The van der Waals surface area contributed by atoms with Crippen LogP contribution in [0.15, 0.2) is 15.9 Å². The van der Waals surface area contributed by atoms with Gasteiger partial charge in [0.1, 0.15) is 6.54 Å². The number of hydrogen-bond acceptors (Lipinski definition) is 3. The first kappa shape index (κ1) is 16.2. The normalized spacial score (nSPS) is 10.7. The summed E-state index contributed by atoms with van der Waals surface area (Å²) in [7, 11) is 0. The zero-order chi connectivity index (χ0) is 14.4. The van der Waals surface area contributed by atoms with Crippen LogP contribution in [-0.2, 0) is 16.0 Å². The fourth-order valence-corrected chi connectivity index (χ4v) is 3.27. The van der Waals surface area contributed by atoms with E-state index >= 15 is 0 Å². The molecule has 1 amide bonds. The van der Waals surface area contributed by atoms with Gasteiger partial charge in [-0.1, -0.05) is 0 Å². The topological polar surface area (TPSA) is 57.6 Å². The number of rotatable bonds is 7. The van der Waals surface area contributed by atoms with Crippen LogP contribution in [0, 0.1) is 0 Å². The van der Waals surface area contributed by atoms with Crippen molar-refractivity contribution in [2.24, 2.45) is 0 Å². The van der Waals surface area contributed by atoms with Crippen molar-refractivity contribution in [1.29, 1.82) is 0 Å². The monoisotopic (exact) mass is 347 g/mol. The molecule has 0 saturated carbocycles. The number of thiophene rings is 1. The lowest BCUT2D eigenvalue weighted by atomic mass is 10.2. The molecule has 1 rings (SSSR count). The molecule has 4 nitrogen and oxygen atoms in total. The minimum atomic E-state index is -0.968. The van der Waals surface area contributed by atoms with Crippen molar-refractivity contribution in [3.05, 3.63) is 20.8 Å². The average molecular weight is 348 g/mol. The molecule has 0 atom stereocenters. The van der Waals surface area contributed by atoms with E-state index in [4.69, 9.17) is 5.11 Å². The summed E-state index contributed by atoms with van der Waals surface area (Å²) in [6.45, 7) is 3.44. The van der Waals surface area contributed by atoms with E-state index in [2.05, 4.69) is 15.9 Å². The van der Waals surface area contributed by atoms with Gasteiger partial charge in [0.2, 0.25) is 5.91 Å². The van der Waals surface area contributed by atoms with Gasteiger partial charge < -0.3 is 10.0 Å². The second-order valence-corrected chi connectivity index (χ2v) is 7.12. The van der Waals surface area contributed by atoms with Gasteiger partial charge in [0.05, 0.1) is 3.79 Å². The Balaban J connectivity index is 2.42. The fraction of sp³-hybridized carbons (Fsp3) is 0.538. The van der Waals surface area contributed by atoms with E-state index in [-0.39, 0.29) is 18.5 Å². The summed E-state index contributed by atoms with van der Waals surface area (Å²) < 4.78 is 1.09. The smallest absolute Gasteiger partial charge is 0.323 e. The molecule has 1 N–H and O–H groups in total. The molecule has 0 radical (unpaired) electrons. The number of amides is 1. The number of aryl methyl sites for hydroxylation is 1. The quantitative estimate of drug-likeness (QED) is 0.824. The molecular weight excluding hydrogens is 330 g/mol. The van der Waals surface area contributed by atoms with Crippen molar-refractivity contribution in [3.8, 4) is 0 Å². The van der Waals surface area contributed by atoms with Gasteiger partial charge in [-0.3, -0.25) is 9.59 Å². The van der Waals surface area contributed by atoms with Crippen LogP contribution >= 0.6 is 27.3 Å². The van der Waals surface area contributed by atoms with Gasteiger partial charge in [-0.05, 0) is 54.8 Å². The number of nitrogens with zero attached hydrogens (tertiary/aromatic N) is 1. The molecule has 0 unspecified atom stereocenters. The summed E-state index contributed by atoms with van der Waals surface area (Å²) >= 11 is 5.06. The molecule has 0 aliphatic rings. The van der Waals surface area contributed by atoms with Crippen LogP contribution < -0.4 is 0 Å². The van der Waals surface area contributed by atoms with Crippen LogP contribution in [-0.4, -0.2) is 34.5 Å². The minimum Gasteiger partial charge on any atom is -0.480 e. The van der Waals surface area contributed by atoms with Gasteiger partial charge in [-0.2, -0.15) is 0 Å². The summed E-state index contributed by atoms with van der Waals surface area (Å²) in [6.07, 6.45) is 1.98. The third kappa shape index (κ3) is 5.74. The highest BCUT2D eigenvalue weighted by Crippen LogP contribution is 2.23. The molecule has 0 bridgehead atoms. The van der Waals surface area contributed by atoms with Crippen LogP contribution in [0.4, 0.5) is 0 Å². The van der Waals surface area contributed by atoms with Gasteiger partial charge in [0.15, 0.2) is 0 Å². The number of carboxylic acids is 1. The highest BCUT2D eigenvalue weighted by atomic mass is 79.9. The summed E-state index contributed by atoms with van der Waals surface area (Å²) in [5.41, 5.74) is 0. The van der Waals surface area contributed by atoms with Crippen LogP contribution in [0.2, 0.25) is 0 Å². The van der Waals surface area contributed by atoms with Crippen molar-refractivity contribution in [2.75, 3.05) is 6.54 Å². The molecule has 0 aliphatic heterocycles. The predicted octanol–water partition coefficient (Wildman–Crippen LogP) is 3.15. The Kier molecular flexibility index (Phi) is 6.51. The van der Waals surface area contributed by atoms with Crippen molar-refractivity contribution in [1.82, 2.24) is 4.90 Å². The Bertz CT molecular complexity index is 445. The van der Waals surface area contributed by atoms with Crippen LogP contribution in [0.25, 0.3) is 0 Å². The van der Waals surface area contributed by atoms with E-state index in [9.17, 15) is 9.59 Å². The van der Waals surface area contributed by atoms with E-state index < -0.39 is 5.97 Å². The Morgan fingerprint density at radius 2 is 2.11 bits per heavy atom. The minimum absolute atomic E-state index is 0.0838. The van der Waals surface area contributed by atoms with Crippen molar-refractivity contribution >= 4 is 39.1 Å². The average Bonchev–Trinajstić information content (AvgIpc) is 2.71. The second kappa shape index (κ2) is 7.65. The number of carbonyl (C=O) groups is 2. The number of aliphatic carboxylic acids is 1. The molecule has 0 spiro atoms. The molecule has 1 aromatic heterocycles.